The Labute approximate surface area is 144 Å². The van der Waals surface area contributed by atoms with Gasteiger partial charge in [0.2, 0.25) is 15.9 Å². The average molecular weight is 353 g/mol. The standard InChI is InChI=1S/C17H27N3O3S/c18-13-17(9-3-4-10-17)16(21)20-11-5-8-15(12-20)24(22,23)19-14-6-1-2-7-14/h14-15,19H,1-12H2. The van der Waals surface area contributed by atoms with Crippen molar-refractivity contribution in [1.82, 2.24) is 9.62 Å². The number of hydrogen-bond donors (Lipinski definition) is 1. The summed E-state index contributed by atoms with van der Waals surface area (Å²) in [6.45, 7) is 0.794. The third kappa shape index (κ3) is 3.45. The zero-order valence-electron chi connectivity index (χ0n) is 14.2. The predicted octanol–water partition coefficient (Wildman–Crippen LogP) is 1.92. The summed E-state index contributed by atoms with van der Waals surface area (Å²) in [7, 11) is -3.41. The highest BCUT2D eigenvalue weighted by molar-refractivity contribution is 7.90. The van der Waals surface area contributed by atoms with Gasteiger partial charge in [-0.15, -0.1) is 0 Å². The number of hydrogen-bond acceptors (Lipinski definition) is 4. The molecule has 1 saturated heterocycles. The Morgan fingerprint density at radius 2 is 1.75 bits per heavy atom. The Morgan fingerprint density at radius 1 is 1.08 bits per heavy atom. The van der Waals surface area contributed by atoms with Gasteiger partial charge in [-0.25, -0.2) is 13.1 Å². The third-order valence-corrected chi connectivity index (χ3v) is 7.80. The molecule has 134 valence electrons. The van der Waals surface area contributed by atoms with Crippen LogP contribution in [0.3, 0.4) is 0 Å². The lowest BCUT2D eigenvalue weighted by molar-refractivity contribution is -0.139. The lowest BCUT2D eigenvalue weighted by atomic mass is 9.86. The van der Waals surface area contributed by atoms with Crippen molar-refractivity contribution < 1.29 is 13.2 Å². The van der Waals surface area contributed by atoms with E-state index in [0.29, 0.717) is 32.2 Å². The zero-order valence-corrected chi connectivity index (χ0v) is 15.0. The SMILES string of the molecule is N#CC1(C(=O)N2CCCC(S(=O)(=O)NC3CCCC3)C2)CCCC1. The van der Waals surface area contributed by atoms with E-state index >= 15 is 0 Å². The van der Waals surface area contributed by atoms with Crippen LogP contribution in [0.25, 0.3) is 0 Å². The maximum atomic E-state index is 12.9. The Balaban J connectivity index is 1.67. The van der Waals surface area contributed by atoms with Crippen LogP contribution in [-0.4, -0.2) is 43.6 Å². The fourth-order valence-corrected chi connectivity index (χ4v) is 6.15. The quantitative estimate of drug-likeness (QED) is 0.836. The van der Waals surface area contributed by atoms with Crippen molar-refractivity contribution in [2.75, 3.05) is 13.1 Å². The molecular weight excluding hydrogens is 326 g/mol. The van der Waals surface area contributed by atoms with Crippen LogP contribution in [0.1, 0.15) is 64.2 Å². The summed E-state index contributed by atoms with van der Waals surface area (Å²) < 4.78 is 28.2. The number of carbonyl (C=O) groups is 1. The van der Waals surface area contributed by atoms with Crippen molar-refractivity contribution in [3.63, 3.8) is 0 Å². The van der Waals surface area contributed by atoms with Crippen LogP contribution in [0.2, 0.25) is 0 Å². The van der Waals surface area contributed by atoms with Gasteiger partial charge in [-0.05, 0) is 38.5 Å². The Morgan fingerprint density at radius 3 is 2.38 bits per heavy atom. The molecule has 3 fully saturated rings. The summed E-state index contributed by atoms with van der Waals surface area (Å²) in [6, 6.07) is 2.29. The molecule has 0 aromatic carbocycles. The summed E-state index contributed by atoms with van der Waals surface area (Å²) in [6.07, 6.45) is 8.26. The molecule has 1 heterocycles. The number of nitrogens with one attached hydrogen (secondary N) is 1. The van der Waals surface area contributed by atoms with Crippen molar-refractivity contribution in [2.24, 2.45) is 5.41 Å². The normalized spacial score (nSPS) is 28.0. The number of sulfonamides is 1. The first kappa shape index (κ1) is 17.7. The second-order valence-electron chi connectivity index (χ2n) is 7.56. The highest BCUT2D eigenvalue weighted by Crippen LogP contribution is 2.39. The minimum atomic E-state index is -3.41. The van der Waals surface area contributed by atoms with Gasteiger partial charge in [0.1, 0.15) is 5.41 Å². The van der Waals surface area contributed by atoms with Gasteiger partial charge in [0.15, 0.2) is 0 Å². The van der Waals surface area contributed by atoms with Crippen molar-refractivity contribution >= 4 is 15.9 Å². The minimum Gasteiger partial charge on any atom is -0.340 e. The second kappa shape index (κ2) is 7.01. The number of likely N-dealkylation sites (tertiary alicyclic amines) is 1. The molecule has 3 aliphatic rings. The third-order valence-electron chi connectivity index (χ3n) is 5.87. The molecular formula is C17H27N3O3S. The fraction of sp³-hybridized carbons (Fsp3) is 0.882. The van der Waals surface area contributed by atoms with Crippen LogP contribution in [0.4, 0.5) is 0 Å². The summed E-state index contributed by atoms with van der Waals surface area (Å²) in [4.78, 5) is 14.5. The minimum absolute atomic E-state index is 0.0568. The predicted molar refractivity (Wildman–Crippen MR) is 90.4 cm³/mol. The second-order valence-corrected chi connectivity index (χ2v) is 9.55. The van der Waals surface area contributed by atoms with Crippen LogP contribution >= 0.6 is 0 Å². The molecule has 24 heavy (non-hydrogen) atoms. The first-order valence-electron chi connectivity index (χ1n) is 9.19. The van der Waals surface area contributed by atoms with Crippen LogP contribution in [0.15, 0.2) is 0 Å². The van der Waals surface area contributed by atoms with Gasteiger partial charge in [-0.3, -0.25) is 4.79 Å². The smallest absolute Gasteiger partial charge is 0.243 e. The van der Waals surface area contributed by atoms with E-state index in [1.54, 1.807) is 4.90 Å². The molecule has 0 spiro atoms. The van der Waals surface area contributed by atoms with Gasteiger partial charge in [-0.2, -0.15) is 5.26 Å². The highest BCUT2D eigenvalue weighted by Gasteiger charge is 2.46. The summed E-state index contributed by atoms with van der Waals surface area (Å²) in [5.74, 6) is -0.150. The van der Waals surface area contributed by atoms with E-state index in [9.17, 15) is 18.5 Å². The van der Waals surface area contributed by atoms with Gasteiger partial charge in [-0.1, -0.05) is 25.7 Å². The van der Waals surface area contributed by atoms with Crippen LogP contribution in [-0.2, 0) is 14.8 Å². The number of rotatable bonds is 4. The Bertz CT molecular complexity index is 613. The maximum absolute atomic E-state index is 12.9. The maximum Gasteiger partial charge on any atom is 0.243 e. The van der Waals surface area contributed by atoms with E-state index in [1.165, 1.54) is 0 Å². The van der Waals surface area contributed by atoms with Crippen LogP contribution in [0.5, 0.6) is 0 Å². The number of amides is 1. The van der Waals surface area contributed by atoms with E-state index in [0.717, 1.165) is 38.5 Å². The Kier molecular flexibility index (Phi) is 5.16. The monoisotopic (exact) mass is 353 g/mol. The molecule has 1 atom stereocenters. The molecule has 6 nitrogen and oxygen atoms in total. The van der Waals surface area contributed by atoms with E-state index in [4.69, 9.17) is 0 Å². The molecule has 3 rings (SSSR count). The molecule has 0 aromatic rings. The number of piperidine rings is 1. The van der Waals surface area contributed by atoms with E-state index in [1.807, 2.05) is 0 Å². The van der Waals surface area contributed by atoms with Gasteiger partial charge >= 0.3 is 0 Å². The molecule has 0 radical (unpaired) electrons. The molecule has 7 heteroatoms. The first-order chi connectivity index (χ1) is 11.5. The molecule has 1 aliphatic heterocycles. The van der Waals surface area contributed by atoms with Crippen molar-refractivity contribution in [2.45, 2.75) is 75.5 Å². The van der Waals surface area contributed by atoms with E-state index < -0.39 is 20.7 Å². The van der Waals surface area contributed by atoms with Crippen molar-refractivity contribution in [3.05, 3.63) is 0 Å². The summed E-state index contributed by atoms with van der Waals surface area (Å²) >= 11 is 0. The van der Waals surface area contributed by atoms with E-state index in [2.05, 4.69) is 10.8 Å². The van der Waals surface area contributed by atoms with Gasteiger partial charge < -0.3 is 4.90 Å². The summed E-state index contributed by atoms with van der Waals surface area (Å²) in [5.41, 5.74) is -0.912. The number of carbonyl (C=O) groups excluding carboxylic acids is 1. The van der Waals surface area contributed by atoms with Gasteiger partial charge in [0.05, 0.1) is 11.3 Å². The molecule has 0 bridgehead atoms. The van der Waals surface area contributed by atoms with Crippen LogP contribution in [0, 0.1) is 16.7 Å². The molecule has 2 aliphatic carbocycles. The lowest BCUT2D eigenvalue weighted by Crippen LogP contribution is -2.52. The topological polar surface area (TPSA) is 90.3 Å². The molecule has 1 amide bonds. The molecule has 2 saturated carbocycles. The fourth-order valence-electron chi connectivity index (χ4n) is 4.40. The largest absolute Gasteiger partial charge is 0.340 e. The molecule has 1 N–H and O–H groups in total. The molecule has 1 unspecified atom stereocenters. The molecule has 0 aromatic heterocycles. The lowest BCUT2D eigenvalue weighted by Gasteiger charge is -2.36. The number of nitrogens with zero attached hydrogens (tertiary/aromatic N) is 2. The Hall–Kier alpha value is -1.13. The van der Waals surface area contributed by atoms with Gasteiger partial charge in [0.25, 0.3) is 0 Å². The first-order valence-corrected chi connectivity index (χ1v) is 10.7. The number of nitriles is 1. The van der Waals surface area contributed by atoms with Crippen LogP contribution < -0.4 is 4.72 Å². The average Bonchev–Trinajstić information content (AvgIpc) is 3.26. The summed E-state index contributed by atoms with van der Waals surface area (Å²) in [5, 5.41) is 8.96. The van der Waals surface area contributed by atoms with Crippen molar-refractivity contribution in [3.8, 4) is 6.07 Å². The van der Waals surface area contributed by atoms with Gasteiger partial charge in [0, 0.05) is 19.1 Å². The zero-order chi connectivity index (χ0) is 17.2. The highest BCUT2D eigenvalue weighted by atomic mass is 32.2. The van der Waals surface area contributed by atoms with E-state index in [-0.39, 0.29) is 18.5 Å². The van der Waals surface area contributed by atoms with Crippen molar-refractivity contribution in [1.29, 1.82) is 5.26 Å².